The van der Waals surface area contributed by atoms with E-state index in [4.69, 9.17) is 16.3 Å². The van der Waals surface area contributed by atoms with Gasteiger partial charge in [-0.2, -0.15) is 0 Å². The Morgan fingerprint density at radius 1 is 1.10 bits per heavy atom. The zero-order valence-electron chi connectivity index (χ0n) is 13.0. The van der Waals surface area contributed by atoms with Crippen molar-refractivity contribution in [3.8, 4) is 0 Å². The molecule has 0 N–H and O–H groups in total. The van der Waals surface area contributed by atoms with Crippen molar-refractivity contribution in [2.45, 2.75) is 51.2 Å². The average molecular weight is 296 g/mol. The fraction of sp³-hybridized carbons (Fsp3) is 0.647. The van der Waals surface area contributed by atoms with Gasteiger partial charge >= 0.3 is 0 Å². The SMILES string of the molecule is CC1CN(CC(Cl)c2ccc(C(C)C)cc2)CC(C)O1. The number of halogens is 1. The van der Waals surface area contributed by atoms with Gasteiger partial charge in [-0.3, -0.25) is 4.90 Å². The summed E-state index contributed by atoms with van der Waals surface area (Å²) in [5.74, 6) is 0.568. The fourth-order valence-corrected chi connectivity index (χ4v) is 3.20. The van der Waals surface area contributed by atoms with E-state index in [9.17, 15) is 0 Å². The number of hydrogen-bond donors (Lipinski definition) is 0. The van der Waals surface area contributed by atoms with Gasteiger partial charge in [0, 0.05) is 19.6 Å². The summed E-state index contributed by atoms with van der Waals surface area (Å²) in [4.78, 5) is 2.41. The second-order valence-electron chi connectivity index (χ2n) is 6.26. The van der Waals surface area contributed by atoms with E-state index in [1.165, 1.54) is 11.1 Å². The molecule has 0 aromatic heterocycles. The van der Waals surface area contributed by atoms with E-state index in [0.717, 1.165) is 19.6 Å². The molecule has 2 nitrogen and oxygen atoms in total. The predicted octanol–water partition coefficient (Wildman–Crippen LogP) is 4.20. The average Bonchev–Trinajstić information content (AvgIpc) is 2.37. The van der Waals surface area contributed by atoms with E-state index in [-0.39, 0.29) is 5.38 Å². The number of nitrogens with zero attached hydrogens (tertiary/aromatic N) is 1. The van der Waals surface area contributed by atoms with Gasteiger partial charge < -0.3 is 4.74 Å². The van der Waals surface area contributed by atoms with E-state index in [0.29, 0.717) is 18.1 Å². The molecule has 1 saturated heterocycles. The number of benzene rings is 1. The van der Waals surface area contributed by atoms with Crippen LogP contribution in [0.1, 0.15) is 50.1 Å². The summed E-state index contributed by atoms with van der Waals surface area (Å²) in [5.41, 5.74) is 2.58. The normalized spacial score (nSPS) is 25.9. The third kappa shape index (κ3) is 4.21. The molecule has 112 valence electrons. The van der Waals surface area contributed by atoms with Crippen LogP contribution in [0.4, 0.5) is 0 Å². The molecule has 1 fully saturated rings. The summed E-state index contributed by atoms with van der Waals surface area (Å²) < 4.78 is 5.76. The molecule has 2 rings (SSSR count). The van der Waals surface area contributed by atoms with Crippen molar-refractivity contribution in [3.63, 3.8) is 0 Å². The number of morpholine rings is 1. The van der Waals surface area contributed by atoms with Crippen LogP contribution in [-0.2, 0) is 4.74 Å². The monoisotopic (exact) mass is 295 g/mol. The van der Waals surface area contributed by atoms with Crippen molar-refractivity contribution >= 4 is 11.6 Å². The Bertz CT molecular complexity index is 408. The Kier molecular flexibility index (Phi) is 5.48. The van der Waals surface area contributed by atoms with Gasteiger partial charge in [0.2, 0.25) is 0 Å². The van der Waals surface area contributed by atoms with Crippen LogP contribution in [0, 0.1) is 0 Å². The summed E-state index contributed by atoms with van der Waals surface area (Å²) in [6.07, 6.45) is 0.594. The Labute approximate surface area is 128 Å². The highest BCUT2D eigenvalue weighted by atomic mass is 35.5. The molecule has 0 bridgehead atoms. The molecule has 1 heterocycles. The number of rotatable bonds is 4. The molecule has 0 spiro atoms. The lowest BCUT2D eigenvalue weighted by Gasteiger charge is -2.36. The highest BCUT2D eigenvalue weighted by Gasteiger charge is 2.24. The van der Waals surface area contributed by atoms with Crippen LogP contribution in [-0.4, -0.2) is 36.7 Å². The van der Waals surface area contributed by atoms with Crippen LogP contribution >= 0.6 is 11.6 Å². The van der Waals surface area contributed by atoms with E-state index in [1.54, 1.807) is 0 Å². The van der Waals surface area contributed by atoms with Crippen LogP contribution in [0.25, 0.3) is 0 Å². The van der Waals surface area contributed by atoms with Crippen LogP contribution in [0.2, 0.25) is 0 Å². The number of hydrogen-bond acceptors (Lipinski definition) is 2. The van der Waals surface area contributed by atoms with Crippen molar-refractivity contribution in [1.82, 2.24) is 4.90 Å². The van der Waals surface area contributed by atoms with Crippen LogP contribution in [0.15, 0.2) is 24.3 Å². The summed E-state index contributed by atoms with van der Waals surface area (Å²) in [6.45, 7) is 11.5. The van der Waals surface area contributed by atoms with Crippen LogP contribution in [0.5, 0.6) is 0 Å². The zero-order chi connectivity index (χ0) is 14.7. The smallest absolute Gasteiger partial charge is 0.0712 e. The lowest BCUT2D eigenvalue weighted by atomic mass is 10.0. The van der Waals surface area contributed by atoms with Crippen molar-refractivity contribution in [1.29, 1.82) is 0 Å². The van der Waals surface area contributed by atoms with E-state index < -0.39 is 0 Å². The first kappa shape index (κ1) is 15.8. The lowest BCUT2D eigenvalue weighted by Crippen LogP contribution is -2.46. The van der Waals surface area contributed by atoms with Gasteiger partial charge in [-0.05, 0) is 30.9 Å². The number of ether oxygens (including phenoxy) is 1. The van der Waals surface area contributed by atoms with Gasteiger partial charge in [0.15, 0.2) is 0 Å². The highest BCUT2D eigenvalue weighted by molar-refractivity contribution is 6.21. The molecule has 0 aliphatic carbocycles. The third-order valence-corrected chi connectivity index (χ3v) is 4.27. The molecular weight excluding hydrogens is 270 g/mol. The largest absolute Gasteiger partial charge is 0.373 e. The first-order valence-electron chi connectivity index (χ1n) is 7.57. The van der Waals surface area contributed by atoms with E-state index in [1.807, 2.05) is 0 Å². The topological polar surface area (TPSA) is 12.5 Å². The van der Waals surface area contributed by atoms with Gasteiger partial charge in [0.05, 0.1) is 17.6 Å². The summed E-state index contributed by atoms with van der Waals surface area (Å²) in [7, 11) is 0. The Morgan fingerprint density at radius 3 is 2.10 bits per heavy atom. The Balaban J connectivity index is 1.95. The summed E-state index contributed by atoms with van der Waals surface area (Å²) in [6, 6.07) is 8.72. The Hall–Kier alpha value is -0.570. The molecule has 3 atom stereocenters. The zero-order valence-corrected chi connectivity index (χ0v) is 13.7. The molecule has 1 aromatic carbocycles. The second kappa shape index (κ2) is 6.93. The van der Waals surface area contributed by atoms with Crippen molar-refractivity contribution in [2.24, 2.45) is 0 Å². The van der Waals surface area contributed by atoms with Gasteiger partial charge in [-0.25, -0.2) is 0 Å². The van der Waals surface area contributed by atoms with Gasteiger partial charge in [-0.15, -0.1) is 11.6 Å². The molecular formula is C17H26ClNO. The molecule has 1 aromatic rings. The van der Waals surface area contributed by atoms with Crippen molar-refractivity contribution in [2.75, 3.05) is 19.6 Å². The maximum atomic E-state index is 6.58. The molecule has 1 aliphatic heterocycles. The Morgan fingerprint density at radius 2 is 1.60 bits per heavy atom. The van der Waals surface area contributed by atoms with Crippen molar-refractivity contribution in [3.05, 3.63) is 35.4 Å². The number of alkyl halides is 1. The van der Waals surface area contributed by atoms with E-state index in [2.05, 4.69) is 56.9 Å². The predicted molar refractivity (Wildman–Crippen MR) is 85.6 cm³/mol. The highest BCUT2D eigenvalue weighted by Crippen LogP contribution is 2.25. The van der Waals surface area contributed by atoms with Crippen LogP contribution < -0.4 is 0 Å². The molecule has 0 amide bonds. The molecule has 0 saturated carbocycles. The minimum absolute atomic E-state index is 0.0497. The standard InChI is InChI=1S/C17H26ClNO/c1-12(2)15-5-7-16(8-6-15)17(18)11-19-9-13(3)20-14(4)10-19/h5-8,12-14,17H,9-11H2,1-4H3. The van der Waals surface area contributed by atoms with Gasteiger partial charge in [-0.1, -0.05) is 38.1 Å². The maximum Gasteiger partial charge on any atom is 0.0712 e. The van der Waals surface area contributed by atoms with Crippen LogP contribution in [0.3, 0.4) is 0 Å². The molecule has 0 radical (unpaired) electrons. The summed E-state index contributed by atoms with van der Waals surface area (Å²) in [5, 5.41) is 0.0497. The van der Waals surface area contributed by atoms with Gasteiger partial charge in [0.1, 0.15) is 0 Å². The first-order chi connectivity index (χ1) is 9.45. The molecule has 3 unspecified atom stereocenters. The first-order valence-corrected chi connectivity index (χ1v) is 8.01. The maximum absolute atomic E-state index is 6.58. The third-order valence-electron chi connectivity index (χ3n) is 3.88. The second-order valence-corrected chi connectivity index (χ2v) is 6.79. The molecule has 1 aliphatic rings. The van der Waals surface area contributed by atoms with Crippen molar-refractivity contribution < 1.29 is 4.74 Å². The van der Waals surface area contributed by atoms with Gasteiger partial charge in [0.25, 0.3) is 0 Å². The minimum Gasteiger partial charge on any atom is -0.373 e. The molecule has 3 heteroatoms. The minimum atomic E-state index is 0.0497. The van der Waals surface area contributed by atoms with E-state index >= 15 is 0 Å². The molecule has 20 heavy (non-hydrogen) atoms. The lowest BCUT2D eigenvalue weighted by molar-refractivity contribution is -0.0678. The fourth-order valence-electron chi connectivity index (χ4n) is 2.86. The quantitative estimate of drug-likeness (QED) is 0.772. The summed E-state index contributed by atoms with van der Waals surface area (Å²) >= 11 is 6.58.